The molecule has 2 aliphatic heterocycles. The second kappa shape index (κ2) is 4.10. The molecular weight excluding hydrogens is 282 g/mol. The van der Waals surface area contributed by atoms with E-state index in [1.807, 2.05) is 18.2 Å². The number of hydrogen-bond donors (Lipinski definition) is 1. The highest BCUT2D eigenvalue weighted by atomic mass is 35.5. The van der Waals surface area contributed by atoms with Crippen LogP contribution in [0.15, 0.2) is 18.2 Å². The van der Waals surface area contributed by atoms with E-state index in [1.165, 1.54) is 32.1 Å². The standard InChI is InChI=1S/C17H18ClN3/c18-13-2-1-3-14-15(13)16(19)21-12-7-9-4-10(8-12)6-11(5-9)17(21)20-14/h1-3,9-12,19H,4-8H2. The van der Waals surface area contributed by atoms with Gasteiger partial charge in [-0.2, -0.15) is 0 Å². The molecule has 3 nitrogen and oxygen atoms in total. The lowest BCUT2D eigenvalue weighted by atomic mass is 9.68. The van der Waals surface area contributed by atoms with Gasteiger partial charge in [0.05, 0.1) is 15.9 Å². The summed E-state index contributed by atoms with van der Waals surface area (Å²) in [5, 5.41) is 10.2. The predicted octanol–water partition coefficient (Wildman–Crippen LogP) is 4.02. The first kappa shape index (κ1) is 12.2. The van der Waals surface area contributed by atoms with Crippen LogP contribution in [-0.4, -0.2) is 9.55 Å². The zero-order chi connectivity index (χ0) is 14.1. The zero-order valence-corrected chi connectivity index (χ0v) is 12.6. The number of aromatic nitrogens is 2. The highest BCUT2D eigenvalue weighted by Crippen LogP contribution is 2.52. The average molecular weight is 300 g/mol. The number of nitrogens with zero attached hydrogens (tertiary/aromatic N) is 2. The van der Waals surface area contributed by atoms with Gasteiger partial charge in [0.15, 0.2) is 0 Å². The van der Waals surface area contributed by atoms with Crippen LogP contribution in [0, 0.1) is 17.2 Å². The topological polar surface area (TPSA) is 41.7 Å². The molecule has 1 aromatic heterocycles. The molecule has 2 aliphatic carbocycles. The van der Waals surface area contributed by atoms with Gasteiger partial charge in [-0.05, 0) is 56.1 Å². The Hall–Kier alpha value is -1.35. The van der Waals surface area contributed by atoms with Crippen molar-refractivity contribution in [3.63, 3.8) is 0 Å². The minimum absolute atomic E-state index is 0.469. The van der Waals surface area contributed by atoms with Crippen molar-refractivity contribution in [1.29, 1.82) is 5.41 Å². The molecule has 1 N–H and O–H groups in total. The lowest BCUT2D eigenvalue weighted by molar-refractivity contribution is 0.150. The van der Waals surface area contributed by atoms with Crippen molar-refractivity contribution in [2.24, 2.45) is 11.8 Å². The molecule has 6 rings (SSSR count). The van der Waals surface area contributed by atoms with Crippen LogP contribution in [0.1, 0.15) is 49.9 Å². The quantitative estimate of drug-likeness (QED) is 0.784. The second-order valence-electron chi connectivity index (χ2n) is 7.08. The van der Waals surface area contributed by atoms with Gasteiger partial charge in [-0.1, -0.05) is 17.7 Å². The van der Waals surface area contributed by atoms with Gasteiger partial charge in [0.2, 0.25) is 0 Å². The van der Waals surface area contributed by atoms with Gasteiger partial charge in [0.25, 0.3) is 0 Å². The molecule has 0 spiro atoms. The van der Waals surface area contributed by atoms with Crippen molar-refractivity contribution < 1.29 is 0 Å². The van der Waals surface area contributed by atoms with E-state index in [0.717, 1.165) is 28.6 Å². The van der Waals surface area contributed by atoms with Crippen LogP contribution in [0.5, 0.6) is 0 Å². The first-order chi connectivity index (χ1) is 10.2. The first-order valence-electron chi connectivity index (χ1n) is 7.96. The molecule has 2 unspecified atom stereocenters. The first-order valence-corrected chi connectivity index (χ1v) is 8.33. The van der Waals surface area contributed by atoms with Crippen LogP contribution in [0.3, 0.4) is 0 Å². The summed E-state index contributed by atoms with van der Waals surface area (Å²) < 4.78 is 2.23. The summed E-state index contributed by atoms with van der Waals surface area (Å²) in [7, 11) is 0. The van der Waals surface area contributed by atoms with Crippen molar-refractivity contribution in [3.8, 4) is 0 Å². The Morgan fingerprint density at radius 2 is 1.86 bits per heavy atom. The van der Waals surface area contributed by atoms with Crippen molar-refractivity contribution in [3.05, 3.63) is 34.5 Å². The summed E-state index contributed by atoms with van der Waals surface area (Å²) in [6.45, 7) is 0. The Labute approximate surface area is 128 Å². The molecule has 2 atom stereocenters. The number of benzene rings is 1. The highest BCUT2D eigenvalue weighted by Gasteiger charge is 2.43. The molecule has 0 amide bonds. The molecule has 1 aromatic carbocycles. The number of nitrogens with one attached hydrogen (secondary N) is 1. The summed E-state index contributed by atoms with van der Waals surface area (Å²) in [6.07, 6.45) is 6.40. The number of fused-ring (bicyclic) bond motifs is 1. The Morgan fingerprint density at radius 1 is 1.10 bits per heavy atom. The minimum Gasteiger partial charge on any atom is -0.311 e. The zero-order valence-electron chi connectivity index (χ0n) is 11.8. The molecule has 0 saturated heterocycles. The van der Waals surface area contributed by atoms with E-state index in [0.29, 0.717) is 22.5 Å². The molecule has 4 aliphatic rings. The summed E-state index contributed by atoms with van der Waals surface area (Å²) in [4.78, 5) is 4.95. The third kappa shape index (κ3) is 1.61. The van der Waals surface area contributed by atoms with Crippen LogP contribution in [0.2, 0.25) is 5.02 Å². The summed E-state index contributed by atoms with van der Waals surface area (Å²) in [5.74, 6) is 3.39. The normalized spacial score (nSPS) is 33.2. The highest BCUT2D eigenvalue weighted by molar-refractivity contribution is 6.35. The predicted molar refractivity (Wildman–Crippen MR) is 82.4 cm³/mol. The molecule has 2 fully saturated rings. The molecule has 108 valence electrons. The number of hydrogen-bond acceptors (Lipinski definition) is 2. The van der Waals surface area contributed by atoms with E-state index >= 15 is 0 Å². The van der Waals surface area contributed by atoms with Gasteiger partial charge >= 0.3 is 0 Å². The average Bonchev–Trinajstić information content (AvgIpc) is 2.61. The fourth-order valence-electron chi connectivity index (χ4n) is 5.15. The van der Waals surface area contributed by atoms with Crippen LogP contribution < -0.4 is 5.49 Å². The van der Waals surface area contributed by atoms with Gasteiger partial charge in [-0.25, -0.2) is 4.98 Å². The monoisotopic (exact) mass is 299 g/mol. The Morgan fingerprint density at radius 3 is 2.62 bits per heavy atom. The molecule has 3 heterocycles. The van der Waals surface area contributed by atoms with Gasteiger partial charge < -0.3 is 4.57 Å². The van der Waals surface area contributed by atoms with E-state index in [9.17, 15) is 0 Å². The Kier molecular flexibility index (Phi) is 2.38. The maximum absolute atomic E-state index is 8.73. The van der Waals surface area contributed by atoms with E-state index < -0.39 is 0 Å². The molecule has 0 radical (unpaired) electrons. The third-order valence-electron chi connectivity index (χ3n) is 5.79. The molecule has 21 heavy (non-hydrogen) atoms. The maximum Gasteiger partial charge on any atom is 0.137 e. The van der Waals surface area contributed by atoms with E-state index in [2.05, 4.69) is 4.57 Å². The van der Waals surface area contributed by atoms with Crippen LogP contribution in [-0.2, 0) is 0 Å². The van der Waals surface area contributed by atoms with Crippen LogP contribution in [0.25, 0.3) is 10.9 Å². The van der Waals surface area contributed by atoms with Crippen molar-refractivity contribution in [2.45, 2.75) is 44.1 Å². The van der Waals surface area contributed by atoms with E-state index in [4.69, 9.17) is 22.0 Å². The second-order valence-corrected chi connectivity index (χ2v) is 7.49. The lowest BCUT2D eigenvalue weighted by Gasteiger charge is -2.37. The summed E-state index contributed by atoms with van der Waals surface area (Å²) in [5.41, 5.74) is 1.47. The van der Waals surface area contributed by atoms with Crippen molar-refractivity contribution >= 4 is 22.5 Å². The fourth-order valence-corrected chi connectivity index (χ4v) is 5.41. The molecular formula is C17H18ClN3. The SMILES string of the molecule is N=c1c2c(Cl)cccc2nc2n1C1CC3CC(CC2C3)C1. The van der Waals surface area contributed by atoms with Crippen molar-refractivity contribution in [2.75, 3.05) is 0 Å². The summed E-state index contributed by atoms with van der Waals surface area (Å²) >= 11 is 6.35. The van der Waals surface area contributed by atoms with Gasteiger partial charge in [-0.15, -0.1) is 0 Å². The third-order valence-corrected chi connectivity index (χ3v) is 6.11. The molecule has 2 saturated carbocycles. The Balaban J connectivity index is 1.88. The van der Waals surface area contributed by atoms with E-state index in [1.54, 1.807) is 0 Å². The minimum atomic E-state index is 0.469. The van der Waals surface area contributed by atoms with Gasteiger partial charge in [0.1, 0.15) is 11.3 Å². The largest absolute Gasteiger partial charge is 0.311 e. The molecule has 4 bridgehead atoms. The van der Waals surface area contributed by atoms with Crippen molar-refractivity contribution in [1.82, 2.24) is 9.55 Å². The van der Waals surface area contributed by atoms with Gasteiger partial charge in [-0.3, -0.25) is 5.41 Å². The number of halogens is 1. The smallest absolute Gasteiger partial charge is 0.137 e. The van der Waals surface area contributed by atoms with E-state index in [-0.39, 0.29) is 0 Å². The summed E-state index contributed by atoms with van der Waals surface area (Å²) in [6, 6.07) is 6.28. The maximum atomic E-state index is 8.73. The van der Waals surface area contributed by atoms with Gasteiger partial charge in [0, 0.05) is 12.0 Å². The molecule has 2 aromatic rings. The number of rotatable bonds is 0. The van der Waals surface area contributed by atoms with Crippen LogP contribution >= 0.6 is 11.6 Å². The lowest BCUT2D eigenvalue weighted by Crippen LogP contribution is -2.31. The van der Waals surface area contributed by atoms with Crippen LogP contribution in [0.4, 0.5) is 0 Å². The Bertz CT molecular complexity index is 796. The molecule has 4 heteroatoms. The fraction of sp³-hybridized carbons (Fsp3) is 0.529.